The van der Waals surface area contributed by atoms with Gasteiger partial charge in [0.25, 0.3) is 10.0 Å². The molecule has 7 nitrogen and oxygen atoms in total. The number of benzene rings is 1. The predicted octanol–water partition coefficient (Wildman–Crippen LogP) is 3.20. The molecular formula is C21H24N2O5S. The number of hydrogen-bond donors (Lipinski definition) is 0. The van der Waals surface area contributed by atoms with Crippen molar-refractivity contribution in [2.24, 2.45) is 0 Å². The minimum Gasteiger partial charge on any atom is -0.497 e. The van der Waals surface area contributed by atoms with Crippen LogP contribution in [-0.2, 0) is 26.0 Å². The Balaban J connectivity index is 1.83. The highest BCUT2D eigenvalue weighted by Crippen LogP contribution is 2.32. The summed E-state index contributed by atoms with van der Waals surface area (Å²) in [6.07, 6.45) is 5.04. The first-order valence-corrected chi connectivity index (χ1v) is 10.6. The molecule has 154 valence electrons. The fourth-order valence-corrected chi connectivity index (χ4v) is 4.47. The summed E-state index contributed by atoms with van der Waals surface area (Å²) in [4.78, 5) is 16.3. The zero-order chi connectivity index (χ0) is 21.2. The molecule has 0 saturated heterocycles. The second-order valence-corrected chi connectivity index (χ2v) is 9.49. The Morgan fingerprint density at radius 1 is 1.24 bits per heavy atom. The molecule has 8 heteroatoms. The Hall–Kier alpha value is -2.87. The Bertz CT molecular complexity index is 1050. The van der Waals surface area contributed by atoms with Crippen LogP contribution in [-0.4, -0.2) is 38.6 Å². The molecule has 2 aromatic rings. The molecule has 3 rings (SSSR count). The molecule has 0 fully saturated rings. The van der Waals surface area contributed by atoms with Gasteiger partial charge in [-0.05, 0) is 62.6 Å². The van der Waals surface area contributed by atoms with Gasteiger partial charge in [-0.3, -0.25) is 0 Å². The first-order valence-electron chi connectivity index (χ1n) is 9.17. The number of nitrogens with zero attached hydrogens (tertiary/aromatic N) is 2. The predicted molar refractivity (Wildman–Crippen MR) is 110 cm³/mol. The normalized spacial score (nSPS) is 14.1. The highest BCUT2D eigenvalue weighted by atomic mass is 32.2. The summed E-state index contributed by atoms with van der Waals surface area (Å²) < 4.78 is 37.8. The largest absolute Gasteiger partial charge is 0.497 e. The van der Waals surface area contributed by atoms with Crippen molar-refractivity contribution < 1.29 is 22.7 Å². The van der Waals surface area contributed by atoms with Gasteiger partial charge in [-0.25, -0.2) is 22.5 Å². The molecule has 0 atom stereocenters. The van der Waals surface area contributed by atoms with Crippen LogP contribution in [0.25, 0.3) is 6.08 Å². The smallest absolute Gasteiger partial charge is 0.331 e. The molecule has 0 aliphatic carbocycles. The zero-order valence-electron chi connectivity index (χ0n) is 16.9. The minimum atomic E-state index is -3.74. The number of aromatic nitrogens is 1. The van der Waals surface area contributed by atoms with Crippen molar-refractivity contribution in [2.75, 3.05) is 18.0 Å². The van der Waals surface area contributed by atoms with Crippen molar-refractivity contribution in [1.82, 2.24) is 4.98 Å². The van der Waals surface area contributed by atoms with Crippen LogP contribution in [0, 0.1) is 0 Å². The minimum absolute atomic E-state index is 0.153. The maximum atomic E-state index is 13.1. The molecule has 0 bridgehead atoms. The van der Waals surface area contributed by atoms with Crippen molar-refractivity contribution in [3.05, 3.63) is 53.7 Å². The molecule has 0 N–H and O–H groups in total. The summed E-state index contributed by atoms with van der Waals surface area (Å²) in [6, 6.07) is 8.20. The number of hydrogen-bond acceptors (Lipinski definition) is 6. The van der Waals surface area contributed by atoms with Crippen LogP contribution in [0.1, 0.15) is 31.9 Å². The topological polar surface area (TPSA) is 85.8 Å². The second kappa shape index (κ2) is 7.87. The van der Waals surface area contributed by atoms with E-state index < -0.39 is 21.6 Å². The van der Waals surface area contributed by atoms with Crippen LogP contribution in [0.15, 0.2) is 47.5 Å². The van der Waals surface area contributed by atoms with Crippen LogP contribution in [0.3, 0.4) is 0 Å². The standard InChI is InChI=1S/C21H24N2O5S/c1-21(2,3)28-19(24)9-8-15-12-16-10-11-23(20(16)22-14-15)29(25,26)18-7-5-6-17(13-18)27-4/h5-9,12-14H,10-11H2,1-4H3/b9-8+. The van der Waals surface area contributed by atoms with Crippen LogP contribution < -0.4 is 9.04 Å². The molecule has 1 aromatic carbocycles. The number of rotatable bonds is 5. The van der Waals surface area contributed by atoms with Crippen LogP contribution in [0.5, 0.6) is 5.75 Å². The SMILES string of the molecule is COc1cccc(S(=O)(=O)N2CCc3cc(/C=C/C(=O)OC(C)(C)C)cnc32)c1. The van der Waals surface area contributed by atoms with Gasteiger partial charge < -0.3 is 9.47 Å². The molecule has 1 aliphatic heterocycles. The van der Waals surface area contributed by atoms with Gasteiger partial charge in [0.15, 0.2) is 0 Å². The van der Waals surface area contributed by atoms with Gasteiger partial charge in [0.05, 0.1) is 12.0 Å². The number of carbonyl (C=O) groups is 1. The van der Waals surface area contributed by atoms with E-state index in [0.29, 0.717) is 30.1 Å². The highest BCUT2D eigenvalue weighted by Gasteiger charge is 2.32. The van der Waals surface area contributed by atoms with E-state index in [1.807, 2.05) is 6.07 Å². The Morgan fingerprint density at radius 2 is 2.00 bits per heavy atom. The maximum absolute atomic E-state index is 13.1. The molecule has 0 unspecified atom stereocenters. The fourth-order valence-electron chi connectivity index (χ4n) is 2.97. The number of pyridine rings is 1. The van der Waals surface area contributed by atoms with E-state index in [1.165, 1.54) is 29.6 Å². The van der Waals surface area contributed by atoms with Gasteiger partial charge in [-0.1, -0.05) is 6.07 Å². The van der Waals surface area contributed by atoms with E-state index in [0.717, 1.165) is 5.56 Å². The molecule has 0 radical (unpaired) electrons. The lowest BCUT2D eigenvalue weighted by atomic mass is 10.1. The number of ether oxygens (including phenoxy) is 2. The third-order valence-electron chi connectivity index (χ3n) is 4.23. The molecule has 0 spiro atoms. The van der Waals surface area contributed by atoms with E-state index in [4.69, 9.17) is 9.47 Å². The first kappa shape index (κ1) is 20.9. The molecule has 29 heavy (non-hydrogen) atoms. The average Bonchev–Trinajstić information content (AvgIpc) is 3.09. The van der Waals surface area contributed by atoms with Gasteiger partial charge >= 0.3 is 5.97 Å². The molecule has 0 saturated carbocycles. The highest BCUT2D eigenvalue weighted by molar-refractivity contribution is 7.92. The number of anilines is 1. The number of carbonyl (C=O) groups excluding carboxylic acids is 1. The van der Waals surface area contributed by atoms with Gasteiger partial charge in [-0.15, -0.1) is 0 Å². The van der Waals surface area contributed by atoms with Crippen molar-refractivity contribution in [3.63, 3.8) is 0 Å². The summed E-state index contributed by atoms with van der Waals surface area (Å²) in [5, 5.41) is 0. The zero-order valence-corrected chi connectivity index (χ0v) is 17.7. The molecule has 1 aromatic heterocycles. The summed E-state index contributed by atoms with van der Waals surface area (Å²) in [7, 11) is -2.25. The summed E-state index contributed by atoms with van der Waals surface area (Å²) >= 11 is 0. The molecule has 1 aliphatic rings. The molecule has 0 amide bonds. The average molecular weight is 416 g/mol. The first-order chi connectivity index (χ1) is 13.6. The van der Waals surface area contributed by atoms with Gasteiger partial charge in [0, 0.05) is 24.9 Å². The van der Waals surface area contributed by atoms with Crippen LogP contribution in [0.4, 0.5) is 5.82 Å². The molecule has 2 heterocycles. The van der Waals surface area contributed by atoms with Crippen molar-refractivity contribution in [2.45, 2.75) is 37.7 Å². The Kier molecular flexibility index (Phi) is 5.66. The lowest BCUT2D eigenvalue weighted by Gasteiger charge is -2.19. The molecular weight excluding hydrogens is 392 g/mol. The van der Waals surface area contributed by atoms with E-state index in [2.05, 4.69) is 4.98 Å². The van der Waals surface area contributed by atoms with E-state index in [1.54, 1.807) is 45.2 Å². The van der Waals surface area contributed by atoms with Gasteiger partial charge in [-0.2, -0.15) is 0 Å². The van der Waals surface area contributed by atoms with Crippen LogP contribution in [0.2, 0.25) is 0 Å². The second-order valence-electron chi connectivity index (χ2n) is 7.62. The van der Waals surface area contributed by atoms with E-state index >= 15 is 0 Å². The van der Waals surface area contributed by atoms with Gasteiger partial charge in [0.2, 0.25) is 0 Å². The maximum Gasteiger partial charge on any atom is 0.331 e. The van der Waals surface area contributed by atoms with E-state index in [-0.39, 0.29) is 4.90 Å². The van der Waals surface area contributed by atoms with E-state index in [9.17, 15) is 13.2 Å². The van der Waals surface area contributed by atoms with Gasteiger partial charge in [0.1, 0.15) is 17.2 Å². The summed E-state index contributed by atoms with van der Waals surface area (Å²) in [6.45, 7) is 5.70. The number of methoxy groups -OCH3 is 1. The van der Waals surface area contributed by atoms with Crippen molar-refractivity contribution in [1.29, 1.82) is 0 Å². The summed E-state index contributed by atoms with van der Waals surface area (Å²) in [5.41, 5.74) is 0.949. The van der Waals surface area contributed by atoms with Crippen molar-refractivity contribution in [3.8, 4) is 5.75 Å². The Morgan fingerprint density at radius 3 is 2.69 bits per heavy atom. The lowest BCUT2D eigenvalue weighted by Crippen LogP contribution is -2.29. The third kappa shape index (κ3) is 4.76. The van der Waals surface area contributed by atoms with Crippen molar-refractivity contribution >= 4 is 27.9 Å². The third-order valence-corrected chi connectivity index (χ3v) is 6.02. The number of sulfonamides is 1. The number of esters is 1. The fraction of sp³-hybridized carbons (Fsp3) is 0.333. The van der Waals surface area contributed by atoms with Crippen LogP contribution >= 0.6 is 0 Å². The number of fused-ring (bicyclic) bond motifs is 1. The lowest BCUT2D eigenvalue weighted by molar-refractivity contribution is -0.148. The monoisotopic (exact) mass is 416 g/mol. The summed E-state index contributed by atoms with van der Waals surface area (Å²) in [5.74, 6) is 0.434. The Labute approximate surface area is 171 Å². The quantitative estimate of drug-likeness (QED) is 0.550.